The van der Waals surface area contributed by atoms with Gasteiger partial charge in [-0.2, -0.15) is 5.10 Å². The average Bonchev–Trinajstić information content (AvgIpc) is 3.40. The van der Waals surface area contributed by atoms with Crippen molar-refractivity contribution in [2.75, 3.05) is 38.2 Å². The van der Waals surface area contributed by atoms with Crippen LogP contribution >= 0.6 is 11.3 Å². The van der Waals surface area contributed by atoms with Gasteiger partial charge in [0.25, 0.3) is 0 Å². The zero-order valence-electron chi connectivity index (χ0n) is 17.9. The number of morpholine rings is 1. The van der Waals surface area contributed by atoms with Crippen LogP contribution in [0.25, 0.3) is 10.2 Å². The van der Waals surface area contributed by atoms with E-state index in [1.54, 1.807) is 0 Å². The maximum absolute atomic E-state index is 5.48. The van der Waals surface area contributed by atoms with Crippen LogP contribution in [0.4, 0.5) is 5.82 Å². The van der Waals surface area contributed by atoms with Gasteiger partial charge in [-0.25, -0.2) is 9.97 Å². The smallest absolute Gasteiger partial charge is 0.146 e. The van der Waals surface area contributed by atoms with Crippen LogP contribution in [-0.4, -0.2) is 57.5 Å². The quantitative estimate of drug-likeness (QED) is 0.585. The van der Waals surface area contributed by atoms with E-state index in [0.29, 0.717) is 0 Å². The number of rotatable bonds is 7. The highest BCUT2D eigenvalue weighted by Crippen LogP contribution is 2.39. The van der Waals surface area contributed by atoms with Gasteiger partial charge in [0.2, 0.25) is 0 Å². The van der Waals surface area contributed by atoms with Gasteiger partial charge in [0.1, 0.15) is 16.5 Å². The summed E-state index contributed by atoms with van der Waals surface area (Å²) in [6.07, 6.45) is 4.61. The van der Waals surface area contributed by atoms with Gasteiger partial charge in [-0.05, 0) is 51.2 Å². The summed E-state index contributed by atoms with van der Waals surface area (Å²) < 4.78 is 7.58. The van der Waals surface area contributed by atoms with Crippen LogP contribution in [-0.2, 0) is 30.7 Å². The van der Waals surface area contributed by atoms with Crippen LogP contribution in [0.5, 0.6) is 0 Å². The molecule has 1 fully saturated rings. The molecule has 0 bridgehead atoms. The first-order valence-electron chi connectivity index (χ1n) is 11.0. The zero-order chi connectivity index (χ0) is 20.5. The summed E-state index contributed by atoms with van der Waals surface area (Å²) in [7, 11) is 0. The number of hydrogen-bond acceptors (Lipinski definition) is 7. The van der Waals surface area contributed by atoms with Crippen molar-refractivity contribution in [1.82, 2.24) is 24.6 Å². The molecule has 0 amide bonds. The number of nitrogens with one attached hydrogen (secondary N) is 1. The van der Waals surface area contributed by atoms with Crippen LogP contribution in [0.2, 0.25) is 0 Å². The fourth-order valence-corrected chi connectivity index (χ4v) is 5.81. The highest BCUT2D eigenvalue weighted by Gasteiger charge is 2.23. The maximum Gasteiger partial charge on any atom is 0.146 e. The molecule has 0 atom stereocenters. The molecule has 1 aliphatic heterocycles. The van der Waals surface area contributed by atoms with Crippen molar-refractivity contribution in [2.45, 2.75) is 52.6 Å². The predicted octanol–water partition coefficient (Wildman–Crippen LogP) is 3.33. The Hall–Kier alpha value is -2.03. The summed E-state index contributed by atoms with van der Waals surface area (Å²) in [5.41, 5.74) is 3.79. The van der Waals surface area contributed by atoms with Crippen LogP contribution in [0.3, 0.4) is 0 Å². The molecule has 0 unspecified atom stereocenters. The Morgan fingerprint density at radius 2 is 2.03 bits per heavy atom. The first-order chi connectivity index (χ1) is 14.7. The van der Waals surface area contributed by atoms with Crippen LogP contribution in [0, 0.1) is 13.8 Å². The van der Waals surface area contributed by atoms with E-state index in [9.17, 15) is 0 Å². The minimum atomic E-state index is 0.794. The summed E-state index contributed by atoms with van der Waals surface area (Å²) in [5, 5.41) is 9.49. The van der Waals surface area contributed by atoms with E-state index in [2.05, 4.69) is 33.0 Å². The van der Waals surface area contributed by atoms with Crippen molar-refractivity contribution in [3.8, 4) is 0 Å². The molecule has 0 aromatic carbocycles. The van der Waals surface area contributed by atoms with Crippen molar-refractivity contribution < 1.29 is 4.74 Å². The summed E-state index contributed by atoms with van der Waals surface area (Å²) in [4.78, 5) is 15.0. The Balaban J connectivity index is 1.34. The van der Waals surface area contributed by atoms with E-state index >= 15 is 0 Å². The van der Waals surface area contributed by atoms with Crippen LogP contribution < -0.4 is 5.32 Å². The van der Waals surface area contributed by atoms with E-state index in [1.165, 1.54) is 34.4 Å². The van der Waals surface area contributed by atoms with E-state index in [4.69, 9.17) is 14.7 Å². The molecule has 8 heteroatoms. The molecular formula is C22H30N6OS. The van der Waals surface area contributed by atoms with E-state index < -0.39 is 0 Å². The number of aryl methyl sites for hydroxylation is 5. The molecule has 0 radical (unpaired) electrons. The molecule has 3 aromatic heterocycles. The summed E-state index contributed by atoms with van der Waals surface area (Å²) >= 11 is 1.87. The highest BCUT2D eigenvalue weighted by atomic mass is 32.1. The molecule has 0 spiro atoms. The van der Waals surface area contributed by atoms with Gasteiger partial charge in [-0.15, -0.1) is 11.3 Å². The van der Waals surface area contributed by atoms with Gasteiger partial charge in [-0.3, -0.25) is 9.58 Å². The van der Waals surface area contributed by atoms with E-state index in [1.807, 2.05) is 18.3 Å². The largest absolute Gasteiger partial charge is 0.379 e. The van der Waals surface area contributed by atoms with Crippen molar-refractivity contribution in [2.24, 2.45) is 0 Å². The highest BCUT2D eigenvalue weighted by molar-refractivity contribution is 7.19. The fraction of sp³-hybridized carbons (Fsp3) is 0.591. The predicted molar refractivity (Wildman–Crippen MR) is 120 cm³/mol. The zero-order valence-corrected chi connectivity index (χ0v) is 18.7. The Labute approximate surface area is 181 Å². The Bertz CT molecular complexity index is 1040. The molecule has 1 N–H and O–H groups in total. The van der Waals surface area contributed by atoms with Crippen molar-refractivity contribution in [3.05, 3.63) is 33.7 Å². The molecule has 7 nitrogen and oxygen atoms in total. The molecule has 2 aliphatic rings. The number of aromatic nitrogens is 4. The van der Waals surface area contributed by atoms with Crippen LogP contribution in [0.15, 0.2) is 6.07 Å². The molecule has 1 saturated heterocycles. The minimum Gasteiger partial charge on any atom is -0.379 e. The summed E-state index contributed by atoms with van der Waals surface area (Å²) in [6, 6.07) is 2.13. The minimum absolute atomic E-state index is 0.794. The molecular weight excluding hydrogens is 396 g/mol. The van der Waals surface area contributed by atoms with Gasteiger partial charge < -0.3 is 10.1 Å². The Kier molecular flexibility index (Phi) is 5.71. The first-order valence-corrected chi connectivity index (χ1v) is 11.9. The lowest BCUT2D eigenvalue weighted by atomic mass is 10.2. The van der Waals surface area contributed by atoms with Crippen molar-refractivity contribution in [1.29, 1.82) is 0 Å². The molecule has 30 heavy (non-hydrogen) atoms. The second kappa shape index (κ2) is 8.61. The third kappa shape index (κ3) is 4.08. The monoisotopic (exact) mass is 426 g/mol. The Morgan fingerprint density at radius 3 is 2.83 bits per heavy atom. The van der Waals surface area contributed by atoms with Gasteiger partial charge in [0.15, 0.2) is 0 Å². The van der Waals surface area contributed by atoms with E-state index in [0.717, 1.165) is 80.9 Å². The molecule has 1 aliphatic carbocycles. The standard InChI is InChI=1S/C22H30N6OS/c1-15-13-16(2)28(26-15)8-4-7-23-21-20-17-5-3-6-18(17)30-22(20)25-19(24-21)14-27-9-11-29-12-10-27/h13H,3-12,14H2,1-2H3,(H,23,24,25). The first kappa shape index (κ1) is 19.9. The summed E-state index contributed by atoms with van der Waals surface area (Å²) in [6.45, 7) is 10.3. The molecule has 4 heterocycles. The second-order valence-corrected chi connectivity index (χ2v) is 9.43. The van der Waals surface area contributed by atoms with Gasteiger partial charge >= 0.3 is 0 Å². The third-order valence-electron chi connectivity index (χ3n) is 6.02. The number of fused-ring (bicyclic) bond motifs is 3. The van der Waals surface area contributed by atoms with Crippen molar-refractivity contribution >= 4 is 27.4 Å². The van der Waals surface area contributed by atoms with Crippen molar-refractivity contribution in [3.63, 3.8) is 0 Å². The lowest BCUT2D eigenvalue weighted by Gasteiger charge is -2.25. The van der Waals surface area contributed by atoms with Gasteiger partial charge in [0, 0.05) is 36.8 Å². The Morgan fingerprint density at radius 1 is 1.17 bits per heavy atom. The molecule has 0 saturated carbocycles. The normalized spacial score (nSPS) is 17.0. The average molecular weight is 427 g/mol. The molecule has 3 aromatic rings. The SMILES string of the molecule is Cc1cc(C)n(CCCNc2nc(CN3CCOCC3)nc3sc4c(c23)CCC4)n1. The number of thiophene rings is 1. The number of ether oxygens (including phenoxy) is 1. The summed E-state index contributed by atoms with van der Waals surface area (Å²) in [5.74, 6) is 1.95. The molecule has 5 rings (SSSR count). The van der Waals surface area contributed by atoms with Gasteiger partial charge in [-0.1, -0.05) is 0 Å². The lowest BCUT2D eigenvalue weighted by Crippen LogP contribution is -2.36. The second-order valence-electron chi connectivity index (χ2n) is 8.35. The molecule has 160 valence electrons. The number of anilines is 1. The number of hydrogen-bond donors (Lipinski definition) is 1. The van der Waals surface area contributed by atoms with Gasteiger partial charge in [0.05, 0.1) is 30.8 Å². The third-order valence-corrected chi connectivity index (χ3v) is 7.21. The number of nitrogens with zero attached hydrogens (tertiary/aromatic N) is 5. The van der Waals surface area contributed by atoms with E-state index in [-0.39, 0.29) is 0 Å². The lowest BCUT2D eigenvalue weighted by molar-refractivity contribution is 0.0331. The maximum atomic E-state index is 5.48. The van der Waals surface area contributed by atoms with Crippen LogP contribution in [0.1, 0.15) is 40.5 Å². The topological polar surface area (TPSA) is 68.1 Å². The fourth-order valence-electron chi connectivity index (χ4n) is 4.53.